The van der Waals surface area contributed by atoms with Gasteiger partial charge in [-0.05, 0) is 55.4 Å². The average Bonchev–Trinajstić information content (AvgIpc) is 3.17. The molecule has 1 aliphatic heterocycles. The number of ether oxygens (including phenoxy) is 1. The SMILES string of the molecule is O=C1CN(Cc2ccc(OC3CCCC3)cc2)C[C@H](Cc2ccccc2)N1. The smallest absolute Gasteiger partial charge is 0.234 e. The van der Waals surface area contributed by atoms with Crippen LogP contribution in [0, 0.1) is 0 Å². The predicted octanol–water partition coefficient (Wildman–Crippen LogP) is 3.55. The lowest BCUT2D eigenvalue weighted by molar-refractivity contribution is -0.125. The van der Waals surface area contributed by atoms with E-state index in [1.54, 1.807) is 0 Å². The van der Waals surface area contributed by atoms with Crippen molar-refractivity contribution in [2.75, 3.05) is 13.1 Å². The Morgan fingerprint density at radius 3 is 2.44 bits per heavy atom. The first kappa shape index (κ1) is 18.1. The van der Waals surface area contributed by atoms with Crippen LogP contribution in [0.15, 0.2) is 54.6 Å². The number of hydrogen-bond acceptors (Lipinski definition) is 3. The van der Waals surface area contributed by atoms with Crippen LogP contribution >= 0.6 is 0 Å². The molecule has 2 aromatic carbocycles. The third kappa shape index (κ3) is 5.10. The molecule has 0 radical (unpaired) electrons. The molecule has 1 aliphatic carbocycles. The van der Waals surface area contributed by atoms with Crippen molar-refractivity contribution in [3.63, 3.8) is 0 Å². The van der Waals surface area contributed by atoms with Gasteiger partial charge in [0.2, 0.25) is 5.91 Å². The van der Waals surface area contributed by atoms with Gasteiger partial charge >= 0.3 is 0 Å². The van der Waals surface area contributed by atoms with E-state index in [4.69, 9.17) is 4.74 Å². The summed E-state index contributed by atoms with van der Waals surface area (Å²) in [5.41, 5.74) is 2.49. The molecular weight excluding hydrogens is 336 g/mol. The van der Waals surface area contributed by atoms with Crippen LogP contribution in [0.3, 0.4) is 0 Å². The van der Waals surface area contributed by atoms with Crippen LogP contribution in [0.25, 0.3) is 0 Å². The van der Waals surface area contributed by atoms with Gasteiger partial charge in [0, 0.05) is 19.1 Å². The van der Waals surface area contributed by atoms with E-state index in [-0.39, 0.29) is 11.9 Å². The monoisotopic (exact) mass is 364 g/mol. The lowest BCUT2D eigenvalue weighted by atomic mass is 10.0. The molecule has 1 heterocycles. The zero-order chi connectivity index (χ0) is 18.5. The molecule has 1 saturated heterocycles. The molecule has 0 aromatic heterocycles. The first-order valence-corrected chi connectivity index (χ1v) is 10.1. The van der Waals surface area contributed by atoms with Gasteiger partial charge in [-0.25, -0.2) is 0 Å². The molecule has 2 aliphatic rings. The van der Waals surface area contributed by atoms with Crippen molar-refractivity contribution in [2.24, 2.45) is 0 Å². The summed E-state index contributed by atoms with van der Waals surface area (Å²) < 4.78 is 6.04. The van der Waals surface area contributed by atoms with Crippen molar-refractivity contribution in [1.29, 1.82) is 0 Å². The Kier molecular flexibility index (Phi) is 5.73. The molecule has 1 amide bonds. The van der Waals surface area contributed by atoms with Crippen LogP contribution in [0.5, 0.6) is 5.75 Å². The van der Waals surface area contributed by atoms with Crippen molar-refractivity contribution in [1.82, 2.24) is 10.2 Å². The molecule has 27 heavy (non-hydrogen) atoms. The Balaban J connectivity index is 1.33. The summed E-state index contributed by atoms with van der Waals surface area (Å²) in [6.45, 7) is 2.13. The molecule has 0 spiro atoms. The molecule has 1 atom stereocenters. The van der Waals surface area contributed by atoms with E-state index in [9.17, 15) is 4.79 Å². The standard InChI is InChI=1S/C23H28N2O2/c26-23-17-25(16-20(24-23)14-18-6-2-1-3-7-18)15-19-10-12-22(13-11-19)27-21-8-4-5-9-21/h1-3,6-7,10-13,20-21H,4-5,8-9,14-17H2,(H,24,26)/t20-/m0/s1. The molecule has 1 saturated carbocycles. The summed E-state index contributed by atoms with van der Waals surface area (Å²) in [6, 6.07) is 18.9. The summed E-state index contributed by atoms with van der Waals surface area (Å²) in [6.07, 6.45) is 6.17. The van der Waals surface area contributed by atoms with Gasteiger partial charge in [-0.1, -0.05) is 42.5 Å². The van der Waals surface area contributed by atoms with Crippen molar-refractivity contribution in [2.45, 2.75) is 50.8 Å². The quantitative estimate of drug-likeness (QED) is 0.852. The van der Waals surface area contributed by atoms with E-state index in [0.29, 0.717) is 12.6 Å². The fourth-order valence-electron chi connectivity index (χ4n) is 4.16. The lowest BCUT2D eigenvalue weighted by Gasteiger charge is -2.33. The Labute approximate surface area is 161 Å². The van der Waals surface area contributed by atoms with E-state index in [0.717, 1.165) is 25.3 Å². The van der Waals surface area contributed by atoms with Crippen LogP contribution < -0.4 is 10.1 Å². The number of nitrogens with zero attached hydrogens (tertiary/aromatic N) is 1. The Hall–Kier alpha value is -2.33. The summed E-state index contributed by atoms with van der Waals surface area (Å²) in [4.78, 5) is 14.4. The zero-order valence-corrected chi connectivity index (χ0v) is 15.8. The van der Waals surface area contributed by atoms with Crippen molar-refractivity contribution < 1.29 is 9.53 Å². The molecule has 2 aromatic rings. The van der Waals surface area contributed by atoms with Crippen LogP contribution in [0.2, 0.25) is 0 Å². The molecule has 142 valence electrons. The maximum Gasteiger partial charge on any atom is 0.234 e. The number of piperazine rings is 1. The number of rotatable bonds is 6. The normalized spacial score (nSPS) is 21.2. The minimum absolute atomic E-state index is 0.114. The minimum Gasteiger partial charge on any atom is -0.490 e. The molecule has 2 fully saturated rings. The van der Waals surface area contributed by atoms with Crippen LogP contribution in [0.4, 0.5) is 0 Å². The maximum atomic E-state index is 12.1. The molecule has 4 heteroatoms. The summed E-state index contributed by atoms with van der Waals surface area (Å²) in [5.74, 6) is 1.08. The molecular formula is C23H28N2O2. The maximum absolute atomic E-state index is 12.1. The van der Waals surface area contributed by atoms with Gasteiger partial charge in [0.15, 0.2) is 0 Å². The van der Waals surface area contributed by atoms with Gasteiger partial charge in [-0.15, -0.1) is 0 Å². The number of benzene rings is 2. The van der Waals surface area contributed by atoms with Gasteiger partial charge < -0.3 is 10.1 Å². The second-order valence-corrected chi connectivity index (χ2v) is 7.79. The number of hydrogen-bond donors (Lipinski definition) is 1. The van der Waals surface area contributed by atoms with E-state index >= 15 is 0 Å². The lowest BCUT2D eigenvalue weighted by Crippen LogP contribution is -2.54. The second-order valence-electron chi connectivity index (χ2n) is 7.79. The Bertz CT molecular complexity index is 739. The van der Waals surface area contributed by atoms with Gasteiger partial charge in [-0.3, -0.25) is 9.69 Å². The van der Waals surface area contributed by atoms with Crippen LogP contribution in [-0.4, -0.2) is 36.0 Å². The number of carbonyl (C=O) groups excluding carboxylic acids is 1. The summed E-state index contributed by atoms with van der Waals surface area (Å²) in [5, 5.41) is 3.13. The van der Waals surface area contributed by atoms with E-state index in [1.165, 1.54) is 36.8 Å². The third-order valence-corrected chi connectivity index (χ3v) is 5.47. The zero-order valence-electron chi connectivity index (χ0n) is 15.8. The third-order valence-electron chi connectivity index (χ3n) is 5.47. The Morgan fingerprint density at radius 1 is 0.963 bits per heavy atom. The van der Waals surface area contributed by atoms with Crippen molar-refractivity contribution >= 4 is 5.91 Å². The van der Waals surface area contributed by atoms with Gasteiger partial charge in [-0.2, -0.15) is 0 Å². The molecule has 0 bridgehead atoms. The number of nitrogens with one attached hydrogen (secondary N) is 1. The van der Waals surface area contributed by atoms with Crippen LogP contribution in [0.1, 0.15) is 36.8 Å². The molecule has 1 N–H and O–H groups in total. The first-order valence-electron chi connectivity index (χ1n) is 10.1. The summed E-state index contributed by atoms with van der Waals surface area (Å²) in [7, 11) is 0. The van der Waals surface area contributed by atoms with Gasteiger partial charge in [0.05, 0.1) is 12.6 Å². The van der Waals surface area contributed by atoms with E-state index in [1.807, 2.05) is 18.2 Å². The fourth-order valence-corrected chi connectivity index (χ4v) is 4.16. The minimum atomic E-state index is 0.114. The van der Waals surface area contributed by atoms with E-state index in [2.05, 4.69) is 46.6 Å². The van der Waals surface area contributed by atoms with Crippen molar-refractivity contribution in [3.05, 3.63) is 65.7 Å². The highest BCUT2D eigenvalue weighted by atomic mass is 16.5. The predicted molar refractivity (Wildman–Crippen MR) is 107 cm³/mol. The van der Waals surface area contributed by atoms with E-state index < -0.39 is 0 Å². The highest BCUT2D eigenvalue weighted by molar-refractivity contribution is 5.79. The second kappa shape index (κ2) is 8.57. The highest BCUT2D eigenvalue weighted by Gasteiger charge is 2.24. The highest BCUT2D eigenvalue weighted by Crippen LogP contribution is 2.24. The topological polar surface area (TPSA) is 41.6 Å². The number of amides is 1. The molecule has 4 nitrogen and oxygen atoms in total. The Morgan fingerprint density at radius 2 is 1.70 bits per heavy atom. The largest absolute Gasteiger partial charge is 0.490 e. The fraction of sp³-hybridized carbons (Fsp3) is 0.435. The summed E-state index contributed by atoms with van der Waals surface area (Å²) >= 11 is 0. The molecule has 0 unspecified atom stereocenters. The first-order chi connectivity index (χ1) is 13.2. The average molecular weight is 364 g/mol. The van der Waals surface area contributed by atoms with Crippen molar-refractivity contribution in [3.8, 4) is 5.75 Å². The van der Waals surface area contributed by atoms with Gasteiger partial charge in [0.25, 0.3) is 0 Å². The van der Waals surface area contributed by atoms with Gasteiger partial charge in [0.1, 0.15) is 5.75 Å². The van der Waals surface area contributed by atoms with Crippen LogP contribution in [-0.2, 0) is 17.8 Å². The number of carbonyl (C=O) groups is 1. The molecule has 4 rings (SSSR count).